The lowest BCUT2D eigenvalue weighted by Gasteiger charge is -2.08. The van der Waals surface area contributed by atoms with Gasteiger partial charge in [-0.3, -0.25) is 0 Å². The first kappa shape index (κ1) is 12.7. The fourth-order valence-corrected chi connectivity index (χ4v) is 1.85. The van der Waals surface area contributed by atoms with Crippen molar-refractivity contribution in [3.8, 4) is 11.1 Å². The minimum Gasteiger partial charge on any atom is -0.207 e. The van der Waals surface area contributed by atoms with Crippen LogP contribution in [-0.2, 0) is 6.42 Å². The summed E-state index contributed by atoms with van der Waals surface area (Å²) < 4.78 is 41.0. The first-order valence-corrected chi connectivity index (χ1v) is 5.78. The van der Waals surface area contributed by atoms with Gasteiger partial charge >= 0.3 is 0 Å². The van der Waals surface area contributed by atoms with Crippen LogP contribution in [0.3, 0.4) is 0 Å². The van der Waals surface area contributed by atoms with E-state index in [4.69, 9.17) is 0 Å². The van der Waals surface area contributed by atoms with Gasteiger partial charge < -0.3 is 0 Å². The van der Waals surface area contributed by atoms with E-state index in [9.17, 15) is 13.2 Å². The fourth-order valence-electron chi connectivity index (χ4n) is 1.85. The highest BCUT2D eigenvalue weighted by molar-refractivity contribution is 5.65. The lowest BCUT2D eigenvalue weighted by molar-refractivity contribution is 0.502. The van der Waals surface area contributed by atoms with Crippen LogP contribution in [-0.4, -0.2) is 0 Å². The van der Waals surface area contributed by atoms with Gasteiger partial charge in [0, 0.05) is 5.56 Å². The maximum Gasteiger partial charge on any atom is 0.166 e. The number of aryl methyl sites for hydroxylation is 2. The van der Waals surface area contributed by atoms with E-state index < -0.39 is 17.5 Å². The topological polar surface area (TPSA) is 0 Å². The zero-order valence-corrected chi connectivity index (χ0v) is 10.2. The molecule has 0 nitrogen and oxygen atoms in total. The summed E-state index contributed by atoms with van der Waals surface area (Å²) in [5, 5.41) is 0. The second-order valence-electron chi connectivity index (χ2n) is 4.22. The van der Waals surface area contributed by atoms with Crippen LogP contribution in [0.1, 0.15) is 18.1 Å². The molecule has 0 amide bonds. The van der Waals surface area contributed by atoms with Gasteiger partial charge in [-0.25, -0.2) is 13.2 Å². The van der Waals surface area contributed by atoms with Crippen molar-refractivity contribution in [2.24, 2.45) is 0 Å². The Morgan fingerprint density at radius 1 is 0.944 bits per heavy atom. The molecule has 0 aromatic heterocycles. The van der Waals surface area contributed by atoms with Crippen molar-refractivity contribution >= 4 is 0 Å². The van der Waals surface area contributed by atoms with Crippen molar-refractivity contribution in [1.82, 2.24) is 0 Å². The van der Waals surface area contributed by atoms with Crippen LogP contribution < -0.4 is 0 Å². The SMILES string of the molecule is CCc1ccc(-c2ccc(C)c(F)c2)c(F)c1F. The summed E-state index contributed by atoms with van der Waals surface area (Å²) in [6.45, 7) is 3.37. The van der Waals surface area contributed by atoms with Gasteiger partial charge in [-0.15, -0.1) is 0 Å². The minimum atomic E-state index is -0.919. The van der Waals surface area contributed by atoms with Crippen molar-refractivity contribution in [1.29, 1.82) is 0 Å². The summed E-state index contributed by atoms with van der Waals surface area (Å²) in [6.07, 6.45) is 0.422. The largest absolute Gasteiger partial charge is 0.207 e. The van der Waals surface area contributed by atoms with E-state index in [1.54, 1.807) is 26.0 Å². The average molecular weight is 250 g/mol. The van der Waals surface area contributed by atoms with Gasteiger partial charge in [0.1, 0.15) is 5.82 Å². The molecule has 3 heteroatoms. The molecular weight excluding hydrogens is 237 g/mol. The maximum atomic E-state index is 13.9. The number of benzene rings is 2. The number of rotatable bonds is 2. The number of hydrogen-bond donors (Lipinski definition) is 0. The third-order valence-electron chi connectivity index (χ3n) is 3.03. The normalized spacial score (nSPS) is 10.7. The zero-order chi connectivity index (χ0) is 13.3. The molecule has 0 heterocycles. The van der Waals surface area contributed by atoms with Crippen LogP contribution in [0.5, 0.6) is 0 Å². The summed E-state index contributed by atoms with van der Waals surface area (Å²) in [6, 6.07) is 7.38. The molecule has 0 aliphatic carbocycles. The van der Waals surface area contributed by atoms with E-state index >= 15 is 0 Å². The molecule has 18 heavy (non-hydrogen) atoms. The predicted octanol–water partition coefficient (Wildman–Crippen LogP) is 4.64. The molecule has 0 aliphatic heterocycles. The van der Waals surface area contributed by atoms with Crippen LogP contribution in [0.25, 0.3) is 11.1 Å². The van der Waals surface area contributed by atoms with Crippen molar-refractivity contribution in [2.45, 2.75) is 20.3 Å². The molecule has 0 saturated heterocycles. The van der Waals surface area contributed by atoms with E-state index in [0.717, 1.165) is 0 Å². The first-order valence-electron chi connectivity index (χ1n) is 5.78. The molecule has 94 valence electrons. The Hall–Kier alpha value is -1.77. The molecule has 0 spiro atoms. The van der Waals surface area contributed by atoms with Crippen molar-refractivity contribution in [3.05, 3.63) is 58.9 Å². The molecule has 0 saturated carbocycles. The highest BCUT2D eigenvalue weighted by atomic mass is 19.2. The molecule has 0 N–H and O–H groups in total. The Kier molecular flexibility index (Phi) is 3.41. The van der Waals surface area contributed by atoms with E-state index in [2.05, 4.69) is 0 Å². The van der Waals surface area contributed by atoms with E-state index in [1.165, 1.54) is 18.2 Å². The van der Waals surface area contributed by atoms with Crippen molar-refractivity contribution in [2.75, 3.05) is 0 Å². The molecule has 0 aliphatic rings. The zero-order valence-electron chi connectivity index (χ0n) is 10.2. The Morgan fingerprint density at radius 2 is 1.67 bits per heavy atom. The number of halogens is 3. The summed E-state index contributed by atoms with van der Waals surface area (Å²) in [5.41, 5.74) is 1.23. The van der Waals surface area contributed by atoms with Crippen LogP contribution in [0.15, 0.2) is 30.3 Å². The van der Waals surface area contributed by atoms with E-state index in [1.807, 2.05) is 0 Å². The molecular formula is C15H13F3. The summed E-state index contributed by atoms with van der Waals surface area (Å²) in [5.74, 6) is -2.19. The lowest BCUT2D eigenvalue weighted by Crippen LogP contribution is -1.96. The van der Waals surface area contributed by atoms with Crippen LogP contribution in [0.2, 0.25) is 0 Å². The average Bonchev–Trinajstić information content (AvgIpc) is 2.36. The van der Waals surface area contributed by atoms with Crippen LogP contribution >= 0.6 is 0 Å². The van der Waals surface area contributed by atoms with Crippen molar-refractivity contribution < 1.29 is 13.2 Å². The van der Waals surface area contributed by atoms with Gasteiger partial charge in [-0.1, -0.05) is 31.2 Å². The van der Waals surface area contributed by atoms with E-state index in [0.29, 0.717) is 23.1 Å². The summed E-state index contributed by atoms with van der Waals surface area (Å²) >= 11 is 0. The van der Waals surface area contributed by atoms with Crippen LogP contribution in [0.4, 0.5) is 13.2 Å². The van der Waals surface area contributed by atoms with Gasteiger partial charge in [0.25, 0.3) is 0 Å². The summed E-state index contributed by atoms with van der Waals surface area (Å²) in [7, 11) is 0. The summed E-state index contributed by atoms with van der Waals surface area (Å²) in [4.78, 5) is 0. The smallest absolute Gasteiger partial charge is 0.166 e. The fraction of sp³-hybridized carbons (Fsp3) is 0.200. The van der Waals surface area contributed by atoms with Gasteiger partial charge in [-0.2, -0.15) is 0 Å². The maximum absolute atomic E-state index is 13.9. The molecule has 2 rings (SSSR count). The Bertz CT molecular complexity index is 589. The molecule has 2 aromatic rings. The third kappa shape index (κ3) is 2.13. The standard InChI is InChI=1S/C15H13F3/c1-3-10-6-7-12(15(18)14(10)17)11-5-4-9(2)13(16)8-11/h4-8H,3H2,1-2H3. The van der Waals surface area contributed by atoms with Gasteiger partial charge in [0.2, 0.25) is 0 Å². The quantitative estimate of drug-likeness (QED) is 0.728. The second kappa shape index (κ2) is 4.84. The lowest BCUT2D eigenvalue weighted by atomic mass is 10.0. The minimum absolute atomic E-state index is 0.0867. The van der Waals surface area contributed by atoms with Crippen LogP contribution in [0, 0.1) is 24.4 Å². The Labute approximate surface area is 104 Å². The number of hydrogen-bond acceptors (Lipinski definition) is 0. The van der Waals surface area contributed by atoms with Gasteiger partial charge in [0.05, 0.1) is 0 Å². The molecule has 0 radical (unpaired) electrons. The molecule has 0 fully saturated rings. The molecule has 0 bridgehead atoms. The molecule has 2 aromatic carbocycles. The highest BCUT2D eigenvalue weighted by Gasteiger charge is 2.14. The van der Waals surface area contributed by atoms with Gasteiger partial charge in [-0.05, 0) is 36.1 Å². The second-order valence-corrected chi connectivity index (χ2v) is 4.22. The van der Waals surface area contributed by atoms with Gasteiger partial charge in [0.15, 0.2) is 11.6 Å². The highest BCUT2D eigenvalue weighted by Crippen LogP contribution is 2.27. The van der Waals surface area contributed by atoms with E-state index in [-0.39, 0.29) is 5.56 Å². The Morgan fingerprint density at radius 3 is 2.28 bits per heavy atom. The first-order chi connectivity index (χ1) is 8.54. The Balaban J connectivity index is 2.57. The predicted molar refractivity (Wildman–Crippen MR) is 65.9 cm³/mol. The molecule has 0 atom stereocenters. The monoisotopic (exact) mass is 250 g/mol. The van der Waals surface area contributed by atoms with Crippen molar-refractivity contribution in [3.63, 3.8) is 0 Å². The molecule has 0 unspecified atom stereocenters. The third-order valence-corrected chi connectivity index (χ3v) is 3.03.